The predicted molar refractivity (Wildman–Crippen MR) is 39.9 cm³/mol. The van der Waals surface area contributed by atoms with Crippen LogP contribution in [0.15, 0.2) is 0 Å². The van der Waals surface area contributed by atoms with Crippen LogP contribution in [0, 0.1) is 11.8 Å². The van der Waals surface area contributed by atoms with E-state index >= 15 is 0 Å². The van der Waals surface area contributed by atoms with E-state index < -0.39 is 0 Å². The molecule has 0 aromatic carbocycles. The van der Waals surface area contributed by atoms with Gasteiger partial charge in [0.15, 0.2) is 0 Å². The van der Waals surface area contributed by atoms with Gasteiger partial charge in [-0.2, -0.15) is 0 Å². The van der Waals surface area contributed by atoms with Gasteiger partial charge in [0.2, 0.25) is 0 Å². The molecule has 0 aromatic rings. The molecule has 0 amide bonds. The van der Waals surface area contributed by atoms with Gasteiger partial charge < -0.3 is 5.11 Å². The summed E-state index contributed by atoms with van der Waals surface area (Å²) in [5, 5.41) is 9.30. The summed E-state index contributed by atoms with van der Waals surface area (Å²) in [5.41, 5.74) is 0. The minimum absolute atomic E-state index is 0.176. The molecule has 3 heteroatoms. The minimum atomic E-state index is -0.290. The molecular weight excluding hydrogens is 196 g/mol. The van der Waals surface area contributed by atoms with Crippen LogP contribution in [0.1, 0.15) is 12.8 Å². The maximum Gasteiger partial charge on any atom is 0.136 e. The molecule has 1 N–H and O–H groups in total. The third-order valence-corrected chi connectivity index (χ3v) is 3.93. The summed E-state index contributed by atoms with van der Waals surface area (Å²) >= 11 is 3.39. The smallest absolute Gasteiger partial charge is 0.136 e. The first-order valence-electron chi connectivity index (χ1n) is 3.55. The molecule has 4 atom stereocenters. The van der Waals surface area contributed by atoms with E-state index in [4.69, 9.17) is 0 Å². The number of ketones is 1. The summed E-state index contributed by atoms with van der Waals surface area (Å²) in [4.78, 5) is 11.0. The Balaban J connectivity index is 2.13. The maximum atomic E-state index is 10.9. The van der Waals surface area contributed by atoms with Crippen molar-refractivity contribution in [2.24, 2.45) is 11.8 Å². The second-order valence-corrected chi connectivity index (χ2v) is 4.25. The molecule has 2 aliphatic carbocycles. The molecular formula is C7H9BrO2. The topological polar surface area (TPSA) is 37.3 Å². The summed E-state index contributed by atoms with van der Waals surface area (Å²) in [6.07, 6.45) is 1.07. The molecule has 1 unspecified atom stereocenters. The highest BCUT2D eigenvalue weighted by Gasteiger charge is 2.51. The van der Waals surface area contributed by atoms with Gasteiger partial charge in [-0.25, -0.2) is 0 Å². The Kier molecular flexibility index (Phi) is 1.39. The quantitative estimate of drug-likeness (QED) is 0.591. The van der Waals surface area contributed by atoms with E-state index in [0.717, 1.165) is 0 Å². The molecule has 10 heavy (non-hydrogen) atoms. The second kappa shape index (κ2) is 2.05. The molecule has 0 bridgehead atoms. The van der Waals surface area contributed by atoms with Gasteiger partial charge in [-0.1, -0.05) is 15.9 Å². The van der Waals surface area contributed by atoms with Crippen molar-refractivity contribution in [1.82, 2.24) is 0 Å². The number of rotatable bonds is 0. The summed E-state index contributed by atoms with van der Waals surface area (Å²) in [7, 11) is 0. The van der Waals surface area contributed by atoms with Gasteiger partial charge in [-0.05, 0) is 12.3 Å². The monoisotopic (exact) mass is 204 g/mol. The van der Waals surface area contributed by atoms with Gasteiger partial charge in [-0.3, -0.25) is 4.79 Å². The lowest BCUT2D eigenvalue weighted by Gasteiger charge is -2.29. The Morgan fingerprint density at radius 3 is 2.70 bits per heavy atom. The summed E-state index contributed by atoms with van der Waals surface area (Å²) in [5.74, 6) is 0.952. The van der Waals surface area contributed by atoms with Gasteiger partial charge >= 0.3 is 0 Å². The highest BCUT2D eigenvalue weighted by molar-refractivity contribution is 9.09. The Morgan fingerprint density at radius 2 is 2.30 bits per heavy atom. The number of alkyl halides is 1. The molecule has 2 aliphatic rings. The number of fused-ring (bicyclic) bond motifs is 1. The van der Waals surface area contributed by atoms with E-state index in [1.54, 1.807) is 0 Å². The standard InChI is InChI=1S/C7H9BrO2/c8-7-4-2-5(9)3(4)1-6(7)10/h3-4,6-7,10H,1-2H2/t3-,4?,6-,7-/m0/s1. The molecule has 0 saturated heterocycles. The van der Waals surface area contributed by atoms with Gasteiger partial charge in [0, 0.05) is 17.2 Å². The van der Waals surface area contributed by atoms with Crippen LogP contribution in [-0.2, 0) is 4.79 Å². The van der Waals surface area contributed by atoms with E-state index in [1.807, 2.05) is 0 Å². The largest absolute Gasteiger partial charge is 0.392 e. The van der Waals surface area contributed by atoms with Crippen molar-refractivity contribution in [3.63, 3.8) is 0 Å². The van der Waals surface area contributed by atoms with Gasteiger partial charge in [0.25, 0.3) is 0 Å². The first kappa shape index (κ1) is 6.80. The molecule has 2 rings (SSSR count). The highest BCUT2D eigenvalue weighted by atomic mass is 79.9. The normalized spacial score (nSPS) is 52.4. The molecule has 0 radical (unpaired) electrons. The zero-order valence-corrected chi connectivity index (χ0v) is 7.04. The van der Waals surface area contributed by atoms with Crippen molar-refractivity contribution >= 4 is 21.7 Å². The Bertz CT molecular complexity index is 180. The van der Waals surface area contributed by atoms with Crippen molar-refractivity contribution in [2.45, 2.75) is 23.8 Å². The lowest BCUT2D eigenvalue weighted by molar-refractivity contribution is -0.132. The Morgan fingerprint density at radius 1 is 1.60 bits per heavy atom. The lowest BCUT2D eigenvalue weighted by Crippen LogP contribution is -2.36. The maximum absolute atomic E-state index is 10.9. The number of aliphatic hydroxyl groups excluding tert-OH is 1. The van der Waals surface area contributed by atoms with Crippen molar-refractivity contribution in [2.75, 3.05) is 0 Å². The summed E-state index contributed by atoms with van der Waals surface area (Å²) in [6, 6.07) is 0. The van der Waals surface area contributed by atoms with Crippen molar-refractivity contribution < 1.29 is 9.90 Å². The van der Waals surface area contributed by atoms with E-state index in [0.29, 0.717) is 24.5 Å². The number of aliphatic hydroxyl groups is 1. The zero-order chi connectivity index (χ0) is 7.30. The van der Waals surface area contributed by atoms with E-state index in [-0.39, 0.29) is 16.8 Å². The molecule has 0 heterocycles. The third kappa shape index (κ3) is 0.705. The van der Waals surface area contributed by atoms with Crippen molar-refractivity contribution in [3.05, 3.63) is 0 Å². The first-order valence-corrected chi connectivity index (χ1v) is 4.46. The third-order valence-electron chi connectivity index (χ3n) is 2.64. The fourth-order valence-corrected chi connectivity index (χ4v) is 2.69. The Hall–Kier alpha value is 0.110. The summed E-state index contributed by atoms with van der Waals surface area (Å²) in [6.45, 7) is 0. The number of halogens is 1. The second-order valence-electron chi connectivity index (χ2n) is 3.19. The molecule has 0 spiro atoms. The number of hydrogen-bond donors (Lipinski definition) is 1. The van der Waals surface area contributed by atoms with Crippen LogP contribution >= 0.6 is 15.9 Å². The molecule has 0 aliphatic heterocycles. The molecule has 0 aromatic heterocycles. The van der Waals surface area contributed by atoms with Gasteiger partial charge in [0.05, 0.1) is 6.10 Å². The molecule has 2 fully saturated rings. The zero-order valence-electron chi connectivity index (χ0n) is 5.46. The fraction of sp³-hybridized carbons (Fsp3) is 0.857. The van der Waals surface area contributed by atoms with E-state index in [2.05, 4.69) is 15.9 Å². The minimum Gasteiger partial charge on any atom is -0.392 e. The summed E-state index contributed by atoms with van der Waals surface area (Å²) < 4.78 is 0. The lowest BCUT2D eigenvalue weighted by atomic mass is 9.75. The van der Waals surface area contributed by atoms with Gasteiger partial charge in [0.1, 0.15) is 5.78 Å². The number of Topliss-reactive ketones (excluding diaryl/α,β-unsaturated/α-hetero) is 1. The van der Waals surface area contributed by atoms with Crippen LogP contribution in [0.2, 0.25) is 0 Å². The van der Waals surface area contributed by atoms with Crippen LogP contribution in [-0.4, -0.2) is 21.8 Å². The number of carbonyl (C=O) groups is 1. The van der Waals surface area contributed by atoms with Crippen LogP contribution in [0.5, 0.6) is 0 Å². The number of carbonyl (C=O) groups excluding carboxylic acids is 1. The van der Waals surface area contributed by atoms with E-state index in [9.17, 15) is 9.90 Å². The molecule has 56 valence electrons. The molecule has 2 nitrogen and oxygen atoms in total. The highest BCUT2D eigenvalue weighted by Crippen LogP contribution is 2.47. The fourth-order valence-electron chi connectivity index (χ4n) is 1.92. The number of hydrogen-bond acceptors (Lipinski definition) is 2. The average Bonchev–Trinajstić information content (AvgIpc) is 2.12. The SMILES string of the molecule is O=C1CC2[C@@H]1C[C@H](O)[C@H]2Br. The average molecular weight is 205 g/mol. The van der Waals surface area contributed by atoms with Gasteiger partial charge in [-0.15, -0.1) is 0 Å². The van der Waals surface area contributed by atoms with Crippen LogP contribution in [0.3, 0.4) is 0 Å². The first-order chi connectivity index (χ1) is 4.70. The Labute approximate surface area is 67.7 Å². The van der Waals surface area contributed by atoms with E-state index in [1.165, 1.54) is 0 Å². The predicted octanol–water partition coefficient (Wildman–Crippen LogP) is 0.720. The van der Waals surface area contributed by atoms with Crippen molar-refractivity contribution in [1.29, 1.82) is 0 Å². The van der Waals surface area contributed by atoms with Crippen molar-refractivity contribution in [3.8, 4) is 0 Å². The van der Waals surface area contributed by atoms with Crippen LogP contribution < -0.4 is 0 Å². The molecule has 2 saturated carbocycles. The van der Waals surface area contributed by atoms with Crippen LogP contribution in [0.4, 0.5) is 0 Å². The van der Waals surface area contributed by atoms with Crippen LogP contribution in [0.25, 0.3) is 0 Å².